The third kappa shape index (κ3) is 8.66. The van der Waals surface area contributed by atoms with Crippen LogP contribution in [-0.2, 0) is 20.7 Å². The highest BCUT2D eigenvalue weighted by atomic mass is 32.1. The smallest absolute Gasteiger partial charge is 0.323 e. The first kappa shape index (κ1) is 30.8. The summed E-state index contributed by atoms with van der Waals surface area (Å²) in [6.45, 7) is 1.90. The molecule has 3 aromatic carbocycles. The van der Waals surface area contributed by atoms with E-state index in [4.69, 9.17) is 9.47 Å². The molecule has 222 valence electrons. The number of rotatable bonds is 11. The number of para-hydroxylation sites is 1. The van der Waals surface area contributed by atoms with E-state index in [1.54, 1.807) is 60.0 Å². The summed E-state index contributed by atoms with van der Waals surface area (Å²) in [7, 11) is 2.78. The van der Waals surface area contributed by atoms with Crippen LogP contribution in [0.2, 0.25) is 0 Å². The molecule has 1 atom stereocenters. The number of urea groups is 1. The third-order valence-corrected chi connectivity index (χ3v) is 7.39. The summed E-state index contributed by atoms with van der Waals surface area (Å²) in [4.78, 5) is 50.5. The minimum Gasteiger partial charge on any atom is -0.495 e. The number of hydrogen-bond donors (Lipinski definition) is 4. The van der Waals surface area contributed by atoms with Crippen molar-refractivity contribution in [1.29, 1.82) is 0 Å². The number of carbonyl (C=O) groups is 4. The molecule has 0 saturated carbocycles. The molecule has 0 spiro atoms. The zero-order chi connectivity index (χ0) is 30.8. The topological polar surface area (TPSA) is 135 Å². The average molecular weight is 601 g/mol. The molecule has 43 heavy (non-hydrogen) atoms. The number of thiophene rings is 1. The highest BCUT2D eigenvalue weighted by Gasteiger charge is 2.20. The van der Waals surface area contributed by atoms with Crippen LogP contribution in [-0.4, -0.2) is 38.0 Å². The Balaban J connectivity index is 1.36. The highest BCUT2D eigenvalue weighted by Crippen LogP contribution is 2.27. The summed E-state index contributed by atoms with van der Waals surface area (Å²) < 4.78 is 10.2. The number of esters is 1. The molecular formula is C32H32N4O6S. The Morgan fingerprint density at radius 2 is 1.58 bits per heavy atom. The molecule has 0 saturated heterocycles. The van der Waals surface area contributed by atoms with Gasteiger partial charge >= 0.3 is 12.0 Å². The van der Waals surface area contributed by atoms with Gasteiger partial charge in [0.15, 0.2) is 0 Å². The van der Waals surface area contributed by atoms with Crippen molar-refractivity contribution in [1.82, 2.24) is 5.32 Å². The lowest BCUT2D eigenvalue weighted by Gasteiger charge is -2.18. The molecule has 0 unspecified atom stereocenters. The van der Waals surface area contributed by atoms with Crippen LogP contribution in [0.15, 0.2) is 84.2 Å². The maximum atomic E-state index is 12.8. The van der Waals surface area contributed by atoms with Gasteiger partial charge in [0.25, 0.3) is 5.91 Å². The lowest BCUT2D eigenvalue weighted by molar-refractivity contribution is -0.141. The maximum absolute atomic E-state index is 12.8. The lowest BCUT2D eigenvalue weighted by atomic mass is 10.0. The predicted molar refractivity (Wildman–Crippen MR) is 167 cm³/mol. The van der Waals surface area contributed by atoms with E-state index in [9.17, 15) is 19.2 Å². The number of carbonyl (C=O) groups excluding carboxylic acids is 4. The van der Waals surface area contributed by atoms with E-state index in [0.29, 0.717) is 38.8 Å². The number of anilines is 3. The van der Waals surface area contributed by atoms with Crippen molar-refractivity contribution >= 4 is 52.2 Å². The molecule has 0 fully saturated rings. The summed E-state index contributed by atoms with van der Waals surface area (Å²) in [5.41, 5.74) is 4.01. The van der Waals surface area contributed by atoms with Gasteiger partial charge in [0, 0.05) is 11.4 Å². The van der Waals surface area contributed by atoms with E-state index in [2.05, 4.69) is 21.3 Å². The number of methoxy groups -OCH3 is 2. The zero-order valence-corrected chi connectivity index (χ0v) is 24.7. The molecular weight excluding hydrogens is 568 g/mol. The minimum absolute atomic E-state index is 0.0421. The van der Waals surface area contributed by atoms with Crippen LogP contribution in [0.3, 0.4) is 0 Å². The Hall–Kier alpha value is -5.16. The van der Waals surface area contributed by atoms with Crippen molar-refractivity contribution in [2.24, 2.45) is 0 Å². The van der Waals surface area contributed by atoms with E-state index in [1.807, 2.05) is 31.2 Å². The number of aryl methyl sites for hydroxylation is 1. The fourth-order valence-corrected chi connectivity index (χ4v) is 4.89. The SMILES string of the molecule is COC(=O)C[C@@H](NC(=O)c1cccs1)c1ccc(NC(=O)Cc2ccc(NC(=O)Nc3ccccc3C)c(OC)c2)cc1. The molecule has 1 aromatic heterocycles. The van der Waals surface area contributed by atoms with Gasteiger partial charge < -0.3 is 30.7 Å². The van der Waals surface area contributed by atoms with Gasteiger partial charge in [0.2, 0.25) is 5.91 Å². The average Bonchev–Trinajstić information content (AvgIpc) is 3.54. The van der Waals surface area contributed by atoms with Crippen LogP contribution in [0.5, 0.6) is 5.75 Å². The van der Waals surface area contributed by atoms with Crippen LogP contribution >= 0.6 is 11.3 Å². The van der Waals surface area contributed by atoms with Gasteiger partial charge in [-0.25, -0.2) is 4.79 Å². The second-order valence-electron chi connectivity index (χ2n) is 9.56. The molecule has 4 N–H and O–H groups in total. The fourth-order valence-electron chi connectivity index (χ4n) is 4.27. The summed E-state index contributed by atoms with van der Waals surface area (Å²) in [6.07, 6.45) is 0.0230. The first-order valence-corrected chi connectivity index (χ1v) is 14.2. The second kappa shape index (κ2) is 14.6. The second-order valence-corrected chi connectivity index (χ2v) is 10.5. The normalized spacial score (nSPS) is 11.1. The number of nitrogens with one attached hydrogen (secondary N) is 4. The first-order chi connectivity index (χ1) is 20.7. The van der Waals surface area contributed by atoms with E-state index in [0.717, 1.165) is 5.56 Å². The molecule has 4 rings (SSSR count). The van der Waals surface area contributed by atoms with E-state index < -0.39 is 18.0 Å². The Morgan fingerprint density at radius 1 is 0.837 bits per heavy atom. The minimum atomic E-state index is -0.606. The van der Waals surface area contributed by atoms with E-state index in [1.165, 1.54) is 25.6 Å². The van der Waals surface area contributed by atoms with Gasteiger partial charge in [-0.2, -0.15) is 0 Å². The number of hydrogen-bond acceptors (Lipinski definition) is 7. The largest absolute Gasteiger partial charge is 0.495 e. The van der Waals surface area contributed by atoms with Crippen LogP contribution in [0.4, 0.5) is 21.9 Å². The number of ether oxygens (including phenoxy) is 2. The summed E-state index contributed by atoms with van der Waals surface area (Å²) >= 11 is 1.30. The fraction of sp³-hybridized carbons (Fsp3) is 0.188. The highest BCUT2D eigenvalue weighted by molar-refractivity contribution is 7.12. The summed E-state index contributed by atoms with van der Waals surface area (Å²) in [5.74, 6) is -0.594. The molecule has 4 amide bonds. The molecule has 0 aliphatic heterocycles. The maximum Gasteiger partial charge on any atom is 0.323 e. The van der Waals surface area contributed by atoms with E-state index in [-0.39, 0.29) is 24.7 Å². The summed E-state index contributed by atoms with van der Waals surface area (Å²) in [5, 5.41) is 13.1. The molecule has 0 radical (unpaired) electrons. The summed E-state index contributed by atoms with van der Waals surface area (Å²) in [6, 6.07) is 21.9. The van der Waals surface area contributed by atoms with Crippen molar-refractivity contribution in [3.8, 4) is 5.75 Å². The van der Waals surface area contributed by atoms with Gasteiger partial charge in [-0.15, -0.1) is 11.3 Å². The molecule has 0 aliphatic rings. The van der Waals surface area contributed by atoms with Gasteiger partial charge in [-0.05, 0) is 65.4 Å². The molecule has 11 heteroatoms. The monoisotopic (exact) mass is 600 g/mol. The molecule has 0 bridgehead atoms. The molecule has 4 aromatic rings. The van der Waals surface area contributed by atoms with Crippen molar-refractivity contribution in [2.45, 2.75) is 25.8 Å². The van der Waals surface area contributed by atoms with Crippen molar-refractivity contribution in [3.05, 3.63) is 106 Å². The standard InChI is InChI=1S/C32H32N4O6S/c1-20-7-4-5-8-24(20)35-32(40)36-25-15-10-21(17-27(25)41-2)18-29(37)33-23-13-11-22(12-14-23)26(19-30(38)42-3)34-31(39)28-9-6-16-43-28/h4-17,26H,18-19H2,1-3H3,(H,33,37)(H,34,39)(H2,35,36,40)/t26-/m1/s1. The van der Waals surface area contributed by atoms with E-state index >= 15 is 0 Å². The Bertz CT molecular complexity index is 1590. The Morgan fingerprint density at radius 3 is 2.26 bits per heavy atom. The van der Waals surface area contributed by atoms with Gasteiger partial charge in [0.05, 0.1) is 43.7 Å². The van der Waals surface area contributed by atoms with Gasteiger partial charge in [0.1, 0.15) is 5.75 Å². The number of benzene rings is 3. The Labute approximate surface area is 253 Å². The van der Waals surface area contributed by atoms with Crippen LogP contribution < -0.4 is 26.0 Å². The van der Waals surface area contributed by atoms with Gasteiger partial charge in [-0.3, -0.25) is 14.4 Å². The van der Waals surface area contributed by atoms with Crippen molar-refractivity contribution < 1.29 is 28.7 Å². The molecule has 10 nitrogen and oxygen atoms in total. The zero-order valence-electron chi connectivity index (χ0n) is 23.9. The van der Waals surface area contributed by atoms with Crippen LogP contribution in [0, 0.1) is 6.92 Å². The third-order valence-electron chi connectivity index (χ3n) is 6.52. The van der Waals surface area contributed by atoms with Crippen molar-refractivity contribution in [3.63, 3.8) is 0 Å². The number of amides is 4. The Kier molecular flexibility index (Phi) is 10.5. The molecule has 0 aliphatic carbocycles. The van der Waals surface area contributed by atoms with Gasteiger partial charge in [-0.1, -0.05) is 42.5 Å². The lowest BCUT2D eigenvalue weighted by Crippen LogP contribution is -2.30. The quantitative estimate of drug-likeness (QED) is 0.158. The van der Waals surface area contributed by atoms with Crippen molar-refractivity contribution in [2.75, 3.05) is 30.2 Å². The molecule has 1 heterocycles. The predicted octanol–water partition coefficient (Wildman–Crippen LogP) is 5.92. The van der Waals surface area contributed by atoms with Crippen LogP contribution in [0.1, 0.15) is 38.8 Å². The van der Waals surface area contributed by atoms with Crippen LogP contribution in [0.25, 0.3) is 0 Å². The first-order valence-electron chi connectivity index (χ1n) is 13.4.